The predicted octanol–water partition coefficient (Wildman–Crippen LogP) is 5.50. The second-order valence-electron chi connectivity index (χ2n) is 9.67. The van der Waals surface area contributed by atoms with Gasteiger partial charge in [-0.15, -0.1) is 0 Å². The number of aromatic nitrogens is 4. The van der Waals surface area contributed by atoms with Crippen molar-refractivity contribution in [3.8, 4) is 11.5 Å². The van der Waals surface area contributed by atoms with Gasteiger partial charge in [0.15, 0.2) is 5.82 Å². The third kappa shape index (κ3) is 3.79. The highest BCUT2D eigenvalue weighted by Gasteiger charge is 2.43. The summed E-state index contributed by atoms with van der Waals surface area (Å²) in [6.45, 7) is 6.67. The Hall–Kier alpha value is -4.66. The number of fused-ring (bicyclic) bond motifs is 3. The summed E-state index contributed by atoms with van der Waals surface area (Å²) in [5.74, 6) is 0.694. The molecule has 9 heteroatoms. The minimum absolute atomic E-state index is 0.0958. The molecule has 0 bridgehead atoms. The van der Waals surface area contributed by atoms with Crippen LogP contribution in [0.4, 0.5) is 16.2 Å². The lowest BCUT2D eigenvalue weighted by atomic mass is 9.86. The number of carbonyl (C=O) groups is 2. The number of carbonyl (C=O) groups excluding carboxylic acids is 2. The van der Waals surface area contributed by atoms with Gasteiger partial charge in [0.2, 0.25) is 5.91 Å². The summed E-state index contributed by atoms with van der Waals surface area (Å²) in [4.78, 5) is 35.2. The minimum Gasteiger partial charge on any atom is -0.444 e. The van der Waals surface area contributed by atoms with E-state index in [1.54, 1.807) is 6.07 Å². The lowest BCUT2D eigenvalue weighted by molar-refractivity contribution is -0.122. The van der Waals surface area contributed by atoms with Gasteiger partial charge in [-0.25, -0.2) is 9.78 Å². The molecule has 37 heavy (non-hydrogen) atoms. The Morgan fingerprint density at radius 1 is 1.08 bits per heavy atom. The van der Waals surface area contributed by atoms with Crippen LogP contribution in [0, 0.1) is 0 Å². The Labute approximate surface area is 212 Å². The van der Waals surface area contributed by atoms with E-state index in [9.17, 15) is 9.59 Å². The molecule has 0 fully saturated rings. The fraction of sp³-hybridized carbons (Fsp3) is 0.214. The molecule has 3 aromatic carbocycles. The average Bonchev–Trinajstić information content (AvgIpc) is 3.55. The van der Waals surface area contributed by atoms with E-state index in [-0.39, 0.29) is 12.5 Å². The van der Waals surface area contributed by atoms with Crippen molar-refractivity contribution in [1.82, 2.24) is 20.2 Å². The lowest BCUT2D eigenvalue weighted by Gasteiger charge is -2.18. The molecule has 0 radical (unpaired) electrons. The molecule has 3 heterocycles. The van der Waals surface area contributed by atoms with Crippen LogP contribution in [0.5, 0.6) is 0 Å². The number of H-pyrrole nitrogens is 2. The molecule has 9 nitrogen and oxygen atoms in total. The van der Waals surface area contributed by atoms with Gasteiger partial charge < -0.3 is 14.6 Å². The largest absolute Gasteiger partial charge is 0.444 e. The van der Waals surface area contributed by atoms with Gasteiger partial charge in [-0.3, -0.25) is 15.2 Å². The summed E-state index contributed by atoms with van der Waals surface area (Å²) in [5, 5.41) is 11.1. The smallest absolute Gasteiger partial charge is 0.411 e. The maximum absolute atomic E-state index is 12.9. The number of ether oxygens (including phenoxy) is 1. The van der Waals surface area contributed by atoms with Crippen molar-refractivity contribution in [2.24, 2.45) is 0 Å². The topological polar surface area (TPSA) is 116 Å². The molecule has 186 valence electrons. The number of rotatable bonds is 5. The van der Waals surface area contributed by atoms with Crippen LogP contribution in [0.3, 0.4) is 0 Å². The monoisotopic (exact) mass is 494 g/mol. The number of hydrogen-bond donors (Lipinski definition) is 3. The van der Waals surface area contributed by atoms with Crippen LogP contribution in [0.1, 0.15) is 31.9 Å². The van der Waals surface area contributed by atoms with Crippen LogP contribution >= 0.6 is 0 Å². The van der Waals surface area contributed by atoms with E-state index in [0.717, 1.165) is 38.8 Å². The Balaban J connectivity index is 1.30. The van der Waals surface area contributed by atoms with Crippen molar-refractivity contribution in [3.05, 3.63) is 71.8 Å². The van der Waals surface area contributed by atoms with Gasteiger partial charge in [0.05, 0.1) is 27.7 Å². The zero-order chi connectivity index (χ0) is 25.7. The molecule has 1 aliphatic rings. The van der Waals surface area contributed by atoms with Gasteiger partial charge in [0.25, 0.3) is 0 Å². The Morgan fingerprint density at radius 2 is 1.89 bits per heavy atom. The Morgan fingerprint density at radius 3 is 2.68 bits per heavy atom. The average molecular weight is 495 g/mol. The third-order valence-corrected chi connectivity index (χ3v) is 6.91. The number of nitrogens with one attached hydrogen (secondary N) is 3. The van der Waals surface area contributed by atoms with E-state index in [0.29, 0.717) is 23.8 Å². The fourth-order valence-corrected chi connectivity index (χ4v) is 4.91. The SMILES string of the molecule is CCN1C(=O)C(C)(C)c2cc3[nH]c(-c4n[nH]c5ccc(NC(=O)OCc6ccccc6)cc45)nc3cc21. The van der Waals surface area contributed by atoms with Crippen LogP contribution < -0.4 is 10.2 Å². The van der Waals surface area contributed by atoms with Gasteiger partial charge in [-0.2, -0.15) is 5.10 Å². The molecule has 3 N–H and O–H groups in total. The number of likely N-dealkylation sites (N-methyl/N-ethyl adjacent to an activating group) is 1. The number of aromatic amines is 2. The zero-order valence-electron chi connectivity index (χ0n) is 20.8. The predicted molar refractivity (Wildman–Crippen MR) is 142 cm³/mol. The molecule has 0 unspecified atom stereocenters. The summed E-state index contributed by atoms with van der Waals surface area (Å²) in [7, 11) is 0. The lowest BCUT2D eigenvalue weighted by Crippen LogP contribution is -2.35. The first-order valence-electron chi connectivity index (χ1n) is 12.2. The molecule has 0 atom stereocenters. The quantitative estimate of drug-likeness (QED) is 0.298. The van der Waals surface area contributed by atoms with Crippen molar-refractivity contribution in [2.75, 3.05) is 16.8 Å². The van der Waals surface area contributed by atoms with Crippen molar-refractivity contribution < 1.29 is 14.3 Å². The van der Waals surface area contributed by atoms with Crippen LogP contribution in [0.15, 0.2) is 60.7 Å². The molecule has 2 amide bonds. The summed E-state index contributed by atoms with van der Waals surface area (Å²) >= 11 is 0. The molecule has 5 aromatic rings. The Kier molecular flexibility index (Phi) is 5.22. The van der Waals surface area contributed by atoms with Gasteiger partial charge >= 0.3 is 6.09 Å². The second kappa shape index (κ2) is 8.48. The summed E-state index contributed by atoms with van der Waals surface area (Å²) in [6.07, 6.45) is -0.538. The first-order valence-corrected chi connectivity index (χ1v) is 12.2. The number of nitrogens with zero attached hydrogens (tertiary/aromatic N) is 3. The molecule has 0 aliphatic carbocycles. The molecular formula is C28H26N6O3. The van der Waals surface area contributed by atoms with Crippen molar-refractivity contribution >= 4 is 45.3 Å². The Bertz CT molecular complexity index is 1670. The van der Waals surface area contributed by atoms with E-state index >= 15 is 0 Å². The first kappa shape index (κ1) is 22.8. The van der Waals surface area contributed by atoms with E-state index in [4.69, 9.17) is 9.72 Å². The van der Waals surface area contributed by atoms with Gasteiger partial charge in [-0.05, 0) is 62.2 Å². The standard InChI is InChI=1S/C28H26N6O3/c1-4-34-23-14-22-21(13-19(23)28(2,3)26(34)35)30-25(31-22)24-18-12-17(10-11-20(18)32-33-24)29-27(36)37-15-16-8-6-5-7-9-16/h5-14H,4,15H2,1-3H3,(H,29,36)(H,30,31)(H,32,33). The van der Waals surface area contributed by atoms with Crippen molar-refractivity contribution in [3.63, 3.8) is 0 Å². The van der Waals surface area contributed by atoms with Crippen molar-refractivity contribution in [2.45, 2.75) is 32.8 Å². The zero-order valence-corrected chi connectivity index (χ0v) is 20.8. The fourth-order valence-electron chi connectivity index (χ4n) is 4.91. The number of anilines is 2. The first-order chi connectivity index (χ1) is 17.8. The van der Waals surface area contributed by atoms with Crippen LogP contribution in [-0.4, -0.2) is 38.7 Å². The van der Waals surface area contributed by atoms with Crippen LogP contribution in [0.2, 0.25) is 0 Å². The van der Waals surface area contributed by atoms with Gasteiger partial charge in [0, 0.05) is 17.6 Å². The molecule has 0 saturated heterocycles. The molecular weight excluding hydrogens is 468 g/mol. The number of benzene rings is 3. The van der Waals surface area contributed by atoms with Crippen molar-refractivity contribution in [1.29, 1.82) is 0 Å². The molecule has 1 aliphatic heterocycles. The highest BCUT2D eigenvalue weighted by atomic mass is 16.5. The van der Waals surface area contributed by atoms with Crippen LogP contribution in [0.25, 0.3) is 33.5 Å². The number of imidazole rings is 1. The summed E-state index contributed by atoms with van der Waals surface area (Å²) < 4.78 is 5.34. The number of hydrogen-bond acceptors (Lipinski definition) is 5. The minimum atomic E-state index is -0.598. The van der Waals surface area contributed by atoms with Crippen LogP contribution in [-0.2, 0) is 21.6 Å². The van der Waals surface area contributed by atoms with E-state index in [1.165, 1.54) is 0 Å². The van der Waals surface area contributed by atoms with Gasteiger partial charge in [-0.1, -0.05) is 30.3 Å². The normalized spacial score (nSPS) is 14.4. The maximum Gasteiger partial charge on any atom is 0.411 e. The summed E-state index contributed by atoms with van der Waals surface area (Å²) in [5.41, 5.74) is 5.82. The second-order valence-corrected chi connectivity index (χ2v) is 9.67. The molecule has 2 aromatic heterocycles. The third-order valence-electron chi connectivity index (χ3n) is 6.91. The highest BCUT2D eigenvalue weighted by molar-refractivity contribution is 6.09. The number of amides is 2. The molecule has 0 saturated carbocycles. The van der Waals surface area contributed by atoms with Gasteiger partial charge in [0.1, 0.15) is 12.3 Å². The van der Waals surface area contributed by atoms with E-state index < -0.39 is 11.5 Å². The summed E-state index contributed by atoms with van der Waals surface area (Å²) in [6, 6.07) is 19.0. The van der Waals surface area contributed by atoms with E-state index in [1.807, 2.05) is 80.3 Å². The maximum atomic E-state index is 12.9. The van der Waals surface area contributed by atoms with E-state index in [2.05, 4.69) is 20.5 Å². The highest BCUT2D eigenvalue weighted by Crippen LogP contribution is 2.43. The molecule has 6 rings (SSSR count). The molecule has 0 spiro atoms.